The van der Waals surface area contributed by atoms with Crippen LogP contribution in [0.15, 0.2) is 63.4 Å². The molecular formula is C22H17ClF3N3O2S2. The van der Waals surface area contributed by atoms with Crippen molar-refractivity contribution < 1.29 is 18.0 Å². The summed E-state index contributed by atoms with van der Waals surface area (Å²) in [6.07, 6.45) is -3.89. The van der Waals surface area contributed by atoms with Crippen LogP contribution in [0.25, 0.3) is 0 Å². The molecule has 0 saturated heterocycles. The van der Waals surface area contributed by atoms with E-state index in [1.165, 1.54) is 16.3 Å². The number of rotatable bonds is 6. The first-order chi connectivity index (χ1) is 15.7. The number of nitrogens with zero attached hydrogens (tertiary/aromatic N) is 2. The van der Waals surface area contributed by atoms with Crippen molar-refractivity contribution in [2.75, 3.05) is 16.8 Å². The van der Waals surface area contributed by atoms with Crippen LogP contribution in [0.2, 0.25) is 5.02 Å². The van der Waals surface area contributed by atoms with E-state index in [1.54, 1.807) is 0 Å². The number of anilines is 1. The van der Waals surface area contributed by atoms with Crippen LogP contribution in [0.5, 0.6) is 0 Å². The van der Waals surface area contributed by atoms with Crippen molar-refractivity contribution in [3.8, 4) is 0 Å². The molecule has 0 atom stereocenters. The van der Waals surface area contributed by atoms with Gasteiger partial charge in [0.15, 0.2) is 5.16 Å². The minimum absolute atomic E-state index is 0.00461. The van der Waals surface area contributed by atoms with Crippen LogP contribution in [0.3, 0.4) is 0 Å². The molecule has 2 aromatic carbocycles. The Morgan fingerprint density at radius 2 is 1.97 bits per heavy atom. The molecule has 1 amide bonds. The standard InChI is InChI=1S/C22H17ClF3N3O2S2/c23-15-7-6-14(22(24,25)26)10-17(15)27-18(30)12-33-21-28-16-8-9-32-19(16)20(31)29(21)11-13-4-2-1-3-5-13/h1-7,10H,8-9,11-12H2,(H,27,30). The molecule has 0 radical (unpaired) electrons. The van der Waals surface area contributed by atoms with Gasteiger partial charge in [0.05, 0.1) is 39.2 Å². The molecule has 0 aliphatic carbocycles. The lowest BCUT2D eigenvalue weighted by Gasteiger charge is -2.14. The predicted octanol–water partition coefficient (Wildman–Crippen LogP) is 5.34. The average Bonchev–Trinajstić information content (AvgIpc) is 3.25. The van der Waals surface area contributed by atoms with Gasteiger partial charge in [0.1, 0.15) is 0 Å². The van der Waals surface area contributed by atoms with Gasteiger partial charge in [-0.25, -0.2) is 4.98 Å². The Morgan fingerprint density at radius 3 is 2.70 bits per heavy atom. The number of hydrogen-bond acceptors (Lipinski definition) is 5. The number of hydrogen-bond donors (Lipinski definition) is 1. The van der Waals surface area contributed by atoms with Crippen LogP contribution in [0.4, 0.5) is 18.9 Å². The minimum atomic E-state index is -4.56. The van der Waals surface area contributed by atoms with Gasteiger partial charge in [-0.1, -0.05) is 53.7 Å². The average molecular weight is 512 g/mol. The third-order valence-corrected chi connectivity index (χ3v) is 7.25. The Morgan fingerprint density at radius 1 is 1.21 bits per heavy atom. The van der Waals surface area contributed by atoms with Crippen molar-refractivity contribution in [2.45, 2.75) is 29.2 Å². The maximum absolute atomic E-state index is 13.1. The fourth-order valence-electron chi connectivity index (χ4n) is 3.25. The summed E-state index contributed by atoms with van der Waals surface area (Å²) in [6, 6.07) is 12.1. The Hall–Kier alpha value is -2.43. The lowest BCUT2D eigenvalue weighted by molar-refractivity contribution is -0.137. The minimum Gasteiger partial charge on any atom is -0.324 e. The Balaban J connectivity index is 1.54. The highest BCUT2D eigenvalue weighted by Gasteiger charge is 2.31. The summed E-state index contributed by atoms with van der Waals surface area (Å²) in [5.74, 6) is 0.0577. The molecule has 2 heterocycles. The molecule has 0 saturated carbocycles. The molecule has 0 bridgehead atoms. The number of thioether (sulfide) groups is 2. The second-order valence-electron chi connectivity index (χ2n) is 7.17. The zero-order valence-corrected chi connectivity index (χ0v) is 19.4. The molecule has 5 nitrogen and oxygen atoms in total. The van der Waals surface area contributed by atoms with Gasteiger partial charge < -0.3 is 5.32 Å². The lowest BCUT2D eigenvalue weighted by Crippen LogP contribution is -2.26. The summed E-state index contributed by atoms with van der Waals surface area (Å²) in [5.41, 5.74) is 0.418. The number of carbonyl (C=O) groups excluding carboxylic acids is 1. The molecule has 1 aliphatic rings. The van der Waals surface area contributed by atoms with Gasteiger partial charge in [0, 0.05) is 12.2 Å². The maximum atomic E-state index is 13.1. The van der Waals surface area contributed by atoms with Crippen molar-refractivity contribution in [1.82, 2.24) is 9.55 Å². The molecule has 33 heavy (non-hydrogen) atoms. The van der Waals surface area contributed by atoms with E-state index in [4.69, 9.17) is 11.6 Å². The zero-order valence-electron chi connectivity index (χ0n) is 17.0. The van der Waals surface area contributed by atoms with E-state index in [2.05, 4.69) is 10.3 Å². The number of benzene rings is 2. The van der Waals surface area contributed by atoms with Crippen LogP contribution in [0.1, 0.15) is 16.8 Å². The predicted molar refractivity (Wildman–Crippen MR) is 124 cm³/mol. The molecule has 4 rings (SSSR count). The SMILES string of the molecule is O=C(CSc1nc2c(c(=O)n1Cc1ccccc1)SCC2)Nc1cc(C(F)(F)F)ccc1Cl. The highest BCUT2D eigenvalue weighted by atomic mass is 35.5. The molecule has 1 N–H and O–H groups in total. The molecular weight excluding hydrogens is 495 g/mol. The smallest absolute Gasteiger partial charge is 0.324 e. The normalized spacial score (nSPS) is 13.1. The van der Waals surface area contributed by atoms with E-state index in [-0.39, 0.29) is 22.0 Å². The largest absolute Gasteiger partial charge is 0.416 e. The topological polar surface area (TPSA) is 64.0 Å². The van der Waals surface area contributed by atoms with E-state index in [0.29, 0.717) is 28.7 Å². The summed E-state index contributed by atoms with van der Waals surface area (Å²) < 4.78 is 40.5. The third kappa shape index (κ3) is 5.56. The van der Waals surface area contributed by atoms with Crippen LogP contribution >= 0.6 is 35.1 Å². The van der Waals surface area contributed by atoms with E-state index in [1.807, 2.05) is 30.3 Å². The maximum Gasteiger partial charge on any atom is 0.416 e. The fraction of sp³-hybridized carbons (Fsp3) is 0.227. The number of nitrogens with one attached hydrogen (secondary N) is 1. The summed E-state index contributed by atoms with van der Waals surface area (Å²) in [5, 5.41) is 2.80. The fourth-order valence-corrected chi connectivity index (χ4v) is 5.28. The van der Waals surface area contributed by atoms with Crippen molar-refractivity contribution in [3.05, 3.63) is 80.7 Å². The number of halogens is 4. The number of alkyl halides is 3. The van der Waals surface area contributed by atoms with Gasteiger partial charge in [-0.15, -0.1) is 11.8 Å². The number of fused-ring (bicyclic) bond motifs is 1. The van der Waals surface area contributed by atoms with Gasteiger partial charge in [-0.3, -0.25) is 14.2 Å². The van der Waals surface area contributed by atoms with Crippen molar-refractivity contribution >= 4 is 46.7 Å². The van der Waals surface area contributed by atoms with Crippen LogP contribution in [-0.4, -0.2) is 27.0 Å². The van der Waals surface area contributed by atoms with Gasteiger partial charge >= 0.3 is 6.18 Å². The number of aryl methyl sites for hydroxylation is 1. The first-order valence-corrected chi connectivity index (χ1v) is 12.2. The van der Waals surface area contributed by atoms with Crippen molar-refractivity contribution in [2.24, 2.45) is 0 Å². The highest BCUT2D eigenvalue weighted by molar-refractivity contribution is 8.00. The second kappa shape index (κ2) is 9.82. The monoisotopic (exact) mass is 511 g/mol. The summed E-state index contributed by atoms with van der Waals surface area (Å²) >= 11 is 8.48. The first-order valence-electron chi connectivity index (χ1n) is 9.82. The van der Waals surface area contributed by atoms with Crippen LogP contribution in [-0.2, 0) is 23.9 Å². The van der Waals surface area contributed by atoms with Crippen LogP contribution < -0.4 is 10.9 Å². The Bertz CT molecular complexity index is 1250. The first kappa shape index (κ1) is 23.7. The number of carbonyl (C=O) groups is 1. The second-order valence-corrected chi connectivity index (χ2v) is 9.63. The van der Waals surface area contributed by atoms with Gasteiger partial charge in [0.2, 0.25) is 5.91 Å². The lowest BCUT2D eigenvalue weighted by atomic mass is 10.2. The molecule has 11 heteroatoms. The van der Waals surface area contributed by atoms with E-state index < -0.39 is 17.6 Å². The summed E-state index contributed by atoms with van der Waals surface area (Å²) in [6.45, 7) is 0.296. The summed E-state index contributed by atoms with van der Waals surface area (Å²) in [4.78, 5) is 30.8. The van der Waals surface area contributed by atoms with Gasteiger partial charge in [-0.2, -0.15) is 13.2 Å². The zero-order chi connectivity index (χ0) is 23.6. The molecule has 0 fully saturated rings. The number of amides is 1. The van der Waals surface area contributed by atoms with E-state index in [0.717, 1.165) is 41.3 Å². The van der Waals surface area contributed by atoms with Crippen molar-refractivity contribution in [3.63, 3.8) is 0 Å². The van der Waals surface area contributed by atoms with Crippen LogP contribution in [0, 0.1) is 0 Å². The van der Waals surface area contributed by atoms with Gasteiger partial charge in [-0.05, 0) is 23.8 Å². The van der Waals surface area contributed by atoms with Gasteiger partial charge in [0.25, 0.3) is 5.56 Å². The third-order valence-electron chi connectivity index (χ3n) is 4.83. The molecule has 172 valence electrons. The van der Waals surface area contributed by atoms with E-state index >= 15 is 0 Å². The number of aromatic nitrogens is 2. The molecule has 0 unspecified atom stereocenters. The molecule has 3 aromatic rings. The summed E-state index contributed by atoms with van der Waals surface area (Å²) in [7, 11) is 0. The molecule has 0 spiro atoms. The quantitative estimate of drug-likeness (QED) is 0.357. The molecule has 1 aliphatic heterocycles. The van der Waals surface area contributed by atoms with E-state index in [9.17, 15) is 22.8 Å². The molecule has 1 aromatic heterocycles. The highest BCUT2D eigenvalue weighted by Crippen LogP contribution is 2.34. The van der Waals surface area contributed by atoms with Crippen molar-refractivity contribution in [1.29, 1.82) is 0 Å². The Kier molecular flexibility index (Phi) is 7.06. The Labute approximate surface area is 200 Å².